The number of rotatable bonds is 1. The van der Waals surface area contributed by atoms with Crippen molar-refractivity contribution >= 4 is 38.5 Å². The van der Waals surface area contributed by atoms with Gasteiger partial charge >= 0.3 is 0 Å². The van der Waals surface area contributed by atoms with Gasteiger partial charge in [-0.05, 0) is 48.1 Å². The molecule has 0 spiro atoms. The minimum absolute atomic E-state index is 0.429. The van der Waals surface area contributed by atoms with E-state index in [4.69, 9.17) is 8.83 Å². The lowest BCUT2D eigenvalue weighted by Crippen LogP contribution is -2.11. The maximum absolute atomic E-state index is 6.38. The number of para-hydroxylation sites is 2. The molecule has 0 amide bonds. The van der Waals surface area contributed by atoms with Gasteiger partial charge in [0.15, 0.2) is 0 Å². The van der Waals surface area contributed by atoms with Crippen LogP contribution in [0, 0.1) is 12.8 Å². The lowest BCUT2D eigenvalue weighted by molar-refractivity contribution is 0.539. The van der Waals surface area contributed by atoms with E-state index in [1.54, 1.807) is 0 Å². The summed E-state index contributed by atoms with van der Waals surface area (Å²) in [6, 6.07) is 21.2. The van der Waals surface area contributed by atoms with Crippen LogP contribution in [0.25, 0.3) is 38.5 Å². The third kappa shape index (κ3) is 2.29. The molecule has 0 bridgehead atoms. The summed E-state index contributed by atoms with van der Waals surface area (Å²) in [5.74, 6) is 1.89. The predicted molar refractivity (Wildman–Crippen MR) is 119 cm³/mol. The van der Waals surface area contributed by atoms with Gasteiger partial charge in [0.1, 0.15) is 22.5 Å². The number of furan rings is 2. The fraction of sp³-hybridized carbons (Fsp3) is 0.185. The molecule has 0 radical (unpaired) electrons. The normalized spacial score (nSPS) is 19.1. The van der Waals surface area contributed by atoms with Crippen LogP contribution < -0.4 is 0 Å². The molecule has 0 N–H and O–H groups in total. The average Bonchev–Trinajstić information content (AvgIpc) is 3.30. The maximum Gasteiger partial charge on any atom is 0.139 e. The van der Waals surface area contributed by atoms with Crippen molar-refractivity contribution in [3.05, 3.63) is 89.2 Å². The number of hydrogen-bond donors (Lipinski definition) is 0. The topological polar surface area (TPSA) is 26.3 Å². The van der Waals surface area contributed by atoms with Crippen LogP contribution in [0.5, 0.6) is 0 Å². The Morgan fingerprint density at radius 1 is 0.759 bits per heavy atom. The summed E-state index contributed by atoms with van der Waals surface area (Å²) >= 11 is 0. The van der Waals surface area contributed by atoms with Gasteiger partial charge in [0.25, 0.3) is 0 Å². The number of hydrogen-bond acceptors (Lipinski definition) is 2. The molecule has 2 nitrogen and oxygen atoms in total. The van der Waals surface area contributed by atoms with Gasteiger partial charge in [0, 0.05) is 27.3 Å². The molecule has 0 saturated carbocycles. The van der Waals surface area contributed by atoms with Crippen molar-refractivity contribution in [1.82, 2.24) is 0 Å². The highest BCUT2D eigenvalue weighted by Gasteiger charge is 2.30. The van der Waals surface area contributed by atoms with Crippen molar-refractivity contribution < 1.29 is 8.83 Å². The van der Waals surface area contributed by atoms with Gasteiger partial charge in [-0.2, -0.15) is 0 Å². The molecule has 142 valence electrons. The Labute approximate surface area is 169 Å². The van der Waals surface area contributed by atoms with Crippen molar-refractivity contribution in [1.29, 1.82) is 0 Å². The fourth-order valence-corrected chi connectivity index (χ4v) is 4.80. The van der Waals surface area contributed by atoms with Crippen LogP contribution >= 0.6 is 0 Å². The molecule has 2 aromatic heterocycles. The Bertz CT molecular complexity index is 1440. The molecule has 6 rings (SSSR count). The minimum atomic E-state index is 0.429. The van der Waals surface area contributed by atoms with Crippen molar-refractivity contribution in [3.8, 4) is 0 Å². The van der Waals surface area contributed by atoms with Crippen LogP contribution in [0.2, 0.25) is 0 Å². The SMILES string of the molecule is Cc1cccc2c1oc1ccc(C3=CC(C)C(C)c4c3oc3ccccc43)cc12. The standard InChI is InChI=1S/C27H22O2/c1-15-7-6-9-19-22-14-18(11-12-24(22)28-26(15)19)21-13-16(2)17(3)25-20-8-4-5-10-23(20)29-27(21)25/h4-14,16-17H,1-3H3. The Morgan fingerprint density at radius 2 is 1.55 bits per heavy atom. The highest BCUT2D eigenvalue weighted by Crippen LogP contribution is 2.46. The number of fused-ring (bicyclic) bond motifs is 6. The second-order valence-corrected chi connectivity index (χ2v) is 8.33. The van der Waals surface area contributed by atoms with Crippen LogP contribution in [0.3, 0.4) is 0 Å². The van der Waals surface area contributed by atoms with Crippen LogP contribution in [0.15, 0.2) is 75.6 Å². The van der Waals surface area contributed by atoms with E-state index < -0.39 is 0 Å². The molecule has 1 aliphatic rings. The van der Waals surface area contributed by atoms with Gasteiger partial charge in [-0.3, -0.25) is 0 Å². The van der Waals surface area contributed by atoms with E-state index in [1.165, 1.54) is 33.0 Å². The zero-order valence-electron chi connectivity index (χ0n) is 16.8. The summed E-state index contributed by atoms with van der Waals surface area (Å²) in [5.41, 5.74) is 7.74. The van der Waals surface area contributed by atoms with E-state index in [1.807, 2.05) is 6.07 Å². The molecule has 0 saturated heterocycles. The smallest absolute Gasteiger partial charge is 0.139 e. The summed E-state index contributed by atoms with van der Waals surface area (Å²) in [6.45, 7) is 6.69. The molecule has 5 aromatic rings. The van der Waals surface area contributed by atoms with E-state index in [9.17, 15) is 0 Å². The van der Waals surface area contributed by atoms with Crippen molar-refractivity contribution in [2.75, 3.05) is 0 Å². The van der Waals surface area contributed by atoms with Crippen molar-refractivity contribution in [2.24, 2.45) is 5.92 Å². The van der Waals surface area contributed by atoms with Gasteiger partial charge in [-0.1, -0.05) is 62.4 Å². The monoisotopic (exact) mass is 378 g/mol. The van der Waals surface area contributed by atoms with E-state index in [2.05, 4.69) is 81.4 Å². The molecule has 1 aliphatic carbocycles. The molecule has 2 atom stereocenters. The summed E-state index contributed by atoms with van der Waals surface area (Å²) in [4.78, 5) is 0. The molecule has 2 heterocycles. The molecule has 2 heteroatoms. The van der Waals surface area contributed by atoms with E-state index >= 15 is 0 Å². The van der Waals surface area contributed by atoms with Crippen LogP contribution in [-0.2, 0) is 0 Å². The first-order valence-electron chi connectivity index (χ1n) is 10.3. The van der Waals surface area contributed by atoms with Gasteiger partial charge in [-0.15, -0.1) is 0 Å². The fourth-order valence-electron chi connectivity index (χ4n) is 4.80. The number of aryl methyl sites for hydroxylation is 1. The van der Waals surface area contributed by atoms with Crippen LogP contribution in [0.4, 0.5) is 0 Å². The molecule has 3 aromatic carbocycles. The highest BCUT2D eigenvalue weighted by atomic mass is 16.3. The summed E-state index contributed by atoms with van der Waals surface area (Å²) in [5, 5.41) is 3.56. The predicted octanol–water partition coefficient (Wildman–Crippen LogP) is 7.83. The quantitative estimate of drug-likeness (QED) is 0.297. The van der Waals surface area contributed by atoms with E-state index in [0.717, 1.165) is 27.9 Å². The lowest BCUT2D eigenvalue weighted by atomic mass is 9.78. The molecule has 2 unspecified atom stereocenters. The molecular formula is C27H22O2. The molecule has 0 aliphatic heterocycles. The first-order valence-corrected chi connectivity index (χ1v) is 10.3. The first kappa shape index (κ1) is 16.7. The Balaban J connectivity index is 1.62. The van der Waals surface area contributed by atoms with Crippen LogP contribution in [0.1, 0.15) is 42.2 Å². The zero-order valence-corrected chi connectivity index (χ0v) is 16.8. The lowest BCUT2D eigenvalue weighted by Gasteiger charge is -2.24. The van der Waals surface area contributed by atoms with E-state index in [-0.39, 0.29) is 0 Å². The Hall–Kier alpha value is -3.26. The first-order chi connectivity index (χ1) is 14.1. The largest absolute Gasteiger partial charge is 0.456 e. The highest BCUT2D eigenvalue weighted by molar-refractivity contribution is 6.07. The Morgan fingerprint density at radius 3 is 2.45 bits per heavy atom. The second-order valence-electron chi connectivity index (χ2n) is 8.33. The third-order valence-electron chi connectivity index (χ3n) is 6.56. The van der Waals surface area contributed by atoms with Crippen molar-refractivity contribution in [2.45, 2.75) is 26.7 Å². The average molecular weight is 378 g/mol. The number of benzene rings is 3. The zero-order chi connectivity index (χ0) is 19.7. The van der Waals surface area contributed by atoms with Gasteiger partial charge in [0.2, 0.25) is 0 Å². The molecule has 0 fully saturated rings. The summed E-state index contributed by atoms with van der Waals surface area (Å²) < 4.78 is 12.5. The van der Waals surface area contributed by atoms with Gasteiger partial charge in [-0.25, -0.2) is 0 Å². The third-order valence-corrected chi connectivity index (χ3v) is 6.56. The minimum Gasteiger partial charge on any atom is -0.456 e. The summed E-state index contributed by atoms with van der Waals surface area (Å²) in [7, 11) is 0. The van der Waals surface area contributed by atoms with Crippen molar-refractivity contribution in [3.63, 3.8) is 0 Å². The second kappa shape index (κ2) is 5.87. The van der Waals surface area contributed by atoms with Crippen LogP contribution in [-0.4, -0.2) is 0 Å². The summed E-state index contributed by atoms with van der Waals surface area (Å²) in [6.07, 6.45) is 2.37. The van der Waals surface area contributed by atoms with Gasteiger partial charge < -0.3 is 8.83 Å². The maximum atomic E-state index is 6.38. The molecular weight excluding hydrogens is 356 g/mol. The number of allylic oxidation sites excluding steroid dienone is 1. The van der Waals surface area contributed by atoms with E-state index in [0.29, 0.717) is 11.8 Å². The Kier molecular flexibility index (Phi) is 3.37. The molecule has 29 heavy (non-hydrogen) atoms. The van der Waals surface area contributed by atoms with Gasteiger partial charge in [0.05, 0.1) is 0 Å².